The Morgan fingerprint density at radius 2 is 2.36 bits per heavy atom. The van der Waals surface area contributed by atoms with E-state index in [1.807, 2.05) is 0 Å². The molecule has 5 heteroatoms. The van der Waals surface area contributed by atoms with Gasteiger partial charge in [-0.3, -0.25) is 0 Å². The van der Waals surface area contributed by atoms with Gasteiger partial charge in [0.15, 0.2) is 5.17 Å². The van der Waals surface area contributed by atoms with Crippen LogP contribution < -0.4 is 11.6 Å². The van der Waals surface area contributed by atoms with E-state index in [2.05, 4.69) is 17.0 Å². The van der Waals surface area contributed by atoms with E-state index in [1.165, 1.54) is 24.5 Å². The maximum atomic E-state index is 5.47. The largest absolute Gasteiger partial charge is 0.378 e. The molecule has 4 N–H and O–H groups in total. The zero-order valence-electron chi connectivity index (χ0n) is 6.66. The Kier molecular flexibility index (Phi) is 6.92. The fraction of sp³-hybridized carbons (Fsp3) is 0.667. The van der Waals surface area contributed by atoms with E-state index in [9.17, 15) is 0 Å². The molecule has 64 valence electrons. The Balaban J connectivity index is 3.42. The quantitative estimate of drug-likeness (QED) is 0.217. The molecule has 0 fully saturated rings. The predicted octanol–water partition coefficient (Wildman–Crippen LogP) is 0.736. The first kappa shape index (κ1) is 10.3. The molecule has 0 amide bonds. The van der Waals surface area contributed by atoms with Gasteiger partial charge in [-0.25, -0.2) is 4.99 Å². The van der Waals surface area contributed by atoms with E-state index in [1.54, 1.807) is 0 Å². The van der Waals surface area contributed by atoms with Crippen LogP contribution in [0.5, 0.6) is 0 Å². The van der Waals surface area contributed by atoms with Gasteiger partial charge < -0.3 is 11.6 Å². The summed E-state index contributed by atoms with van der Waals surface area (Å²) in [6.45, 7) is 2.13. The third kappa shape index (κ3) is 7.18. The Morgan fingerprint density at radius 1 is 1.64 bits per heavy atom. The van der Waals surface area contributed by atoms with E-state index < -0.39 is 0 Å². The second kappa shape index (κ2) is 7.40. The fourth-order valence-electron chi connectivity index (χ4n) is 0.449. The standard InChI is InChI=1S/C6H14N4S/c1-2-3-4-11-6(7)9-5-10-8/h5H,2-4,8H2,1H3,(H2,7,9,10). The molecular weight excluding hydrogens is 160 g/mol. The molecule has 0 atom stereocenters. The first-order valence-electron chi connectivity index (χ1n) is 3.49. The van der Waals surface area contributed by atoms with Gasteiger partial charge in [-0.05, 0) is 6.42 Å². The van der Waals surface area contributed by atoms with Crippen molar-refractivity contribution in [2.24, 2.45) is 21.7 Å². The first-order chi connectivity index (χ1) is 5.31. The van der Waals surface area contributed by atoms with Crippen molar-refractivity contribution in [2.45, 2.75) is 19.8 Å². The average molecular weight is 174 g/mol. The molecule has 0 bridgehead atoms. The molecule has 0 aliphatic rings. The molecule has 0 rings (SSSR count). The molecule has 0 radical (unpaired) electrons. The summed E-state index contributed by atoms with van der Waals surface area (Å²) in [6.07, 6.45) is 3.57. The van der Waals surface area contributed by atoms with Crippen molar-refractivity contribution in [2.75, 3.05) is 5.75 Å². The number of rotatable bonds is 4. The van der Waals surface area contributed by atoms with Crippen LogP contribution in [0.25, 0.3) is 0 Å². The molecule has 0 aromatic rings. The predicted molar refractivity (Wildman–Crippen MR) is 51.7 cm³/mol. The van der Waals surface area contributed by atoms with Gasteiger partial charge in [-0.1, -0.05) is 25.1 Å². The van der Waals surface area contributed by atoms with Crippen molar-refractivity contribution in [1.29, 1.82) is 0 Å². The SMILES string of the molecule is CCCCSC(N)=N/C=N/N. The van der Waals surface area contributed by atoms with Crippen LogP contribution in [0.3, 0.4) is 0 Å². The molecular formula is C6H14N4S. The fourth-order valence-corrected chi connectivity index (χ4v) is 1.21. The number of hydrogen-bond donors (Lipinski definition) is 2. The lowest BCUT2D eigenvalue weighted by atomic mass is 10.4. The summed E-state index contributed by atoms with van der Waals surface area (Å²) >= 11 is 1.52. The normalized spacial score (nSPS) is 12.6. The molecule has 0 saturated carbocycles. The summed E-state index contributed by atoms with van der Waals surface area (Å²) in [4.78, 5) is 3.76. The Bertz CT molecular complexity index is 144. The van der Waals surface area contributed by atoms with Crippen LogP contribution in [0.4, 0.5) is 0 Å². The lowest BCUT2D eigenvalue weighted by Gasteiger charge is -1.95. The van der Waals surface area contributed by atoms with Crippen LogP contribution in [-0.4, -0.2) is 17.3 Å². The third-order valence-electron chi connectivity index (χ3n) is 0.999. The minimum absolute atomic E-state index is 0.521. The van der Waals surface area contributed by atoms with Crippen molar-refractivity contribution >= 4 is 23.3 Å². The van der Waals surface area contributed by atoms with Crippen LogP contribution in [-0.2, 0) is 0 Å². The van der Waals surface area contributed by atoms with Crippen LogP contribution in [0.1, 0.15) is 19.8 Å². The highest BCUT2D eigenvalue weighted by Crippen LogP contribution is 2.03. The highest BCUT2D eigenvalue weighted by molar-refractivity contribution is 8.13. The molecule has 0 aromatic carbocycles. The van der Waals surface area contributed by atoms with Crippen molar-refractivity contribution in [1.82, 2.24) is 0 Å². The lowest BCUT2D eigenvalue weighted by molar-refractivity contribution is 0.898. The molecule has 4 nitrogen and oxygen atoms in total. The smallest absolute Gasteiger partial charge is 0.160 e. The molecule has 0 saturated heterocycles. The maximum Gasteiger partial charge on any atom is 0.160 e. The topological polar surface area (TPSA) is 76.8 Å². The summed E-state index contributed by atoms with van der Waals surface area (Å²) in [5.74, 6) is 5.83. The third-order valence-corrected chi connectivity index (χ3v) is 1.89. The second-order valence-electron chi connectivity index (χ2n) is 1.93. The maximum absolute atomic E-state index is 5.47. The number of hydrogen-bond acceptors (Lipinski definition) is 3. The van der Waals surface area contributed by atoms with Crippen LogP contribution >= 0.6 is 11.8 Å². The molecule has 0 unspecified atom stereocenters. The molecule has 0 heterocycles. The van der Waals surface area contributed by atoms with Crippen LogP contribution in [0.2, 0.25) is 0 Å². The van der Waals surface area contributed by atoms with Crippen LogP contribution in [0.15, 0.2) is 10.1 Å². The number of thioether (sulfide) groups is 1. The second-order valence-corrected chi connectivity index (χ2v) is 3.05. The molecule has 11 heavy (non-hydrogen) atoms. The Morgan fingerprint density at radius 3 is 2.91 bits per heavy atom. The molecule has 0 spiro atoms. The van der Waals surface area contributed by atoms with Crippen LogP contribution in [0, 0.1) is 0 Å². The van der Waals surface area contributed by atoms with Crippen molar-refractivity contribution in [3.63, 3.8) is 0 Å². The summed E-state index contributed by atoms with van der Waals surface area (Å²) in [5.41, 5.74) is 5.47. The Labute approximate surface area is 71.1 Å². The molecule has 0 aromatic heterocycles. The highest BCUT2D eigenvalue weighted by atomic mass is 32.2. The van der Waals surface area contributed by atoms with Gasteiger partial charge in [0, 0.05) is 5.75 Å². The number of unbranched alkanes of at least 4 members (excludes halogenated alkanes) is 1. The number of nitrogens with two attached hydrogens (primary N) is 2. The zero-order chi connectivity index (χ0) is 8.53. The van der Waals surface area contributed by atoms with E-state index >= 15 is 0 Å². The molecule has 0 aliphatic heterocycles. The van der Waals surface area contributed by atoms with E-state index in [-0.39, 0.29) is 0 Å². The lowest BCUT2D eigenvalue weighted by Crippen LogP contribution is -2.07. The molecule has 0 aliphatic carbocycles. The summed E-state index contributed by atoms with van der Waals surface area (Å²) in [5, 5.41) is 3.72. The number of hydrazone groups is 1. The number of aliphatic imine (C=N–C) groups is 1. The highest BCUT2D eigenvalue weighted by Gasteiger charge is 1.90. The van der Waals surface area contributed by atoms with E-state index in [0.29, 0.717) is 5.17 Å². The van der Waals surface area contributed by atoms with Gasteiger partial charge in [-0.2, -0.15) is 5.10 Å². The average Bonchev–Trinajstić information content (AvgIpc) is 2.01. The first-order valence-corrected chi connectivity index (χ1v) is 4.47. The van der Waals surface area contributed by atoms with Gasteiger partial charge in [0.2, 0.25) is 0 Å². The van der Waals surface area contributed by atoms with Crippen molar-refractivity contribution in [3.05, 3.63) is 0 Å². The summed E-state index contributed by atoms with van der Waals surface area (Å²) < 4.78 is 0. The van der Waals surface area contributed by atoms with Gasteiger partial charge in [0.25, 0.3) is 0 Å². The van der Waals surface area contributed by atoms with Gasteiger partial charge in [0.1, 0.15) is 6.34 Å². The zero-order valence-corrected chi connectivity index (χ0v) is 7.47. The van der Waals surface area contributed by atoms with E-state index in [4.69, 9.17) is 11.6 Å². The summed E-state index contributed by atoms with van der Waals surface area (Å²) in [7, 11) is 0. The monoisotopic (exact) mass is 174 g/mol. The van der Waals surface area contributed by atoms with Crippen molar-refractivity contribution < 1.29 is 0 Å². The van der Waals surface area contributed by atoms with Crippen molar-refractivity contribution in [3.8, 4) is 0 Å². The minimum Gasteiger partial charge on any atom is -0.378 e. The van der Waals surface area contributed by atoms with Gasteiger partial charge in [-0.15, -0.1) is 0 Å². The Hall–Kier alpha value is -0.710. The van der Waals surface area contributed by atoms with Gasteiger partial charge in [0.05, 0.1) is 0 Å². The van der Waals surface area contributed by atoms with E-state index in [0.717, 1.165) is 12.2 Å². The number of amidine groups is 1. The minimum atomic E-state index is 0.521. The van der Waals surface area contributed by atoms with Gasteiger partial charge >= 0.3 is 0 Å². The summed E-state index contributed by atoms with van der Waals surface area (Å²) in [6, 6.07) is 0. The number of nitrogens with zero attached hydrogens (tertiary/aromatic N) is 2.